The molecule has 0 aliphatic carbocycles. The van der Waals surface area contributed by atoms with E-state index in [1.165, 1.54) is 0 Å². The van der Waals surface area contributed by atoms with E-state index in [1.807, 2.05) is 88.4 Å². The Bertz CT molecular complexity index is 786. The largest absolute Gasteiger partial charge is 0.305 e. The van der Waals surface area contributed by atoms with Crippen molar-refractivity contribution < 1.29 is 9.59 Å². The van der Waals surface area contributed by atoms with Crippen molar-refractivity contribution in [3.63, 3.8) is 0 Å². The van der Waals surface area contributed by atoms with Crippen LogP contribution in [0.2, 0.25) is 0 Å². The first-order valence-corrected chi connectivity index (χ1v) is 11.6. The van der Waals surface area contributed by atoms with E-state index in [1.54, 1.807) is 0 Å². The molecule has 0 heterocycles. The molecule has 0 saturated heterocycles. The Balaban J connectivity index is 1.75. The lowest BCUT2D eigenvalue weighted by molar-refractivity contribution is 0.0796. The molecular weight excluding hydrogens is 396 g/mol. The van der Waals surface area contributed by atoms with Gasteiger partial charge >= 0.3 is 0 Å². The second-order valence-corrected chi connectivity index (χ2v) is 10.3. The third-order valence-electron chi connectivity index (χ3n) is 6.40. The Hall–Kier alpha value is -2.30. The van der Waals surface area contributed by atoms with Gasteiger partial charge in [-0.15, -0.1) is 0 Å². The summed E-state index contributed by atoms with van der Waals surface area (Å²) in [6.45, 7) is 11.7. The normalized spacial score (nSPS) is 12.4. The highest BCUT2D eigenvalue weighted by molar-refractivity contribution is 6.00. The lowest BCUT2D eigenvalue weighted by Crippen LogP contribution is -2.36. The van der Waals surface area contributed by atoms with Crippen LogP contribution in [0.1, 0.15) is 61.3 Å². The lowest BCUT2D eigenvalue weighted by Gasteiger charge is -2.29. The first-order chi connectivity index (χ1) is 15.0. The molecule has 0 unspecified atom stereocenters. The van der Waals surface area contributed by atoms with Crippen LogP contribution in [0, 0.1) is 10.8 Å². The van der Waals surface area contributed by atoms with Gasteiger partial charge in [-0.25, -0.2) is 0 Å². The summed E-state index contributed by atoms with van der Waals surface area (Å²) in [5, 5.41) is 0. The van der Waals surface area contributed by atoms with Crippen molar-refractivity contribution in [1.29, 1.82) is 0 Å². The zero-order chi connectivity index (χ0) is 23.8. The molecule has 0 saturated carbocycles. The molecule has 0 bridgehead atoms. The highest BCUT2D eigenvalue weighted by Gasteiger charge is 2.29. The Labute approximate surface area is 194 Å². The molecule has 2 rings (SSSR count). The van der Waals surface area contributed by atoms with Gasteiger partial charge in [0, 0.05) is 35.0 Å². The van der Waals surface area contributed by atoms with E-state index in [0.717, 1.165) is 50.1 Å². The number of carbonyl (C=O) groups excluding carboxylic acids is 2. The van der Waals surface area contributed by atoms with E-state index in [2.05, 4.69) is 23.9 Å². The number of hydrogen-bond donors (Lipinski definition) is 0. The van der Waals surface area contributed by atoms with Crippen molar-refractivity contribution in [2.75, 3.05) is 40.3 Å². The van der Waals surface area contributed by atoms with Crippen LogP contribution < -0.4 is 0 Å². The standard InChI is InChI=1S/C28H40N2O2/c1-27(2,25(31)23-13-9-7-10-14-23)17-19-29(5)21-22-30(6)20-18-28(3,4)26(32)24-15-11-8-12-16-24/h7-16H,17-22H2,1-6H3. The molecule has 2 aromatic rings. The summed E-state index contributed by atoms with van der Waals surface area (Å²) in [6, 6.07) is 19.1. The molecule has 0 spiro atoms. The quantitative estimate of drug-likeness (QED) is 0.392. The van der Waals surface area contributed by atoms with Crippen LogP contribution in [-0.4, -0.2) is 61.6 Å². The number of ketones is 2. The summed E-state index contributed by atoms with van der Waals surface area (Å²) >= 11 is 0. The summed E-state index contributed by atoms with van der Waals surface area (Å²) in [6.07, 6.45) is 1.64. The van der Waals surface area contributed by atoms with E-state index in [4.69, 9.17) is 0 Å². The molecule has 32 heavy (non-hydrogen) atoms. The average molecular weight is 437 g/mol. The van der Waals surface area contributed by atoms with Gasteiger partial charge in [0.2, 0.25) is 0 Å². The number of likely N-dealkylation sites (N-methyl/N-ethyl adjacent to an activating group) is 2. The third-order valence-corrected chi connectivity index (χ3v) is 6.40. The predicted molar refractivity (Wildman–Crippen MR) is 133 cm³/mol. The van der Waals surface area contributed by atoms with E-state index in [0.29, 0.717) is 0 Å². The van der Waals surface area contributed by atoms with Gasteiger partial charge in [0.25, 0.3) is 0 Å². The Morgan fingerprint density at radius 2 is 0.906 bits per heavy atom. The van der Waals surface area contributed by atoms with Crippen LogP contribution in [0.25, 0.3) is 0 Å². The highest BCUT2D eigenvalue weighted by atomic mass is 16.1. The highest BCUT2D eigenvalue weighted by Crippen LogP contribution is 2.27. The summed E-state index contributed by atoms with van der Waals surface area (Å²) in [4.78, 5) is 30.2. The molecule has 0 aromatic heterocycles. The van der Waals surface area contributed by atoms with Gasteiger partial charge < -0.3 is 9.80 Å². The minimum absolute atomic E-state index is 0.203. The number of rotatable bonds is 13. The van der Waals surface area contributed by atoms with Crippen molar-refractivity contribution in [1.82, 2.24) is 9.80 Å². The molecule has 0 N–H and O–H groups in total. The van der Waals surface area contributed by atoms with Crippen molar-refractivity contribution in [3.8, 4) is 0 Å². The Morgan fingerprint density at radius 3 is 1.22 bits per heavy atom. The number of nitrogens with zero attached hydrogens (tertiary/aromatic N) is 2. The van der Waals surface area contributed by atoms with E-state index in [9.17, 15) is 9.59 Å². The maximum absolute atomic E-state index is 12.8. The minimum atomic E-state index is -0.386. The predicted octanol–water partition coefficient (Wildman–Crippen LogP) is 5.45. The van der Waals surface area contributed by atoms with Crippen molar-refractivity contribution in [3.05, 3.63) is 71.8 Å². The van der Waals surface area contributed by atoms with Gasteiger partial charge in [-0.2, -0.15) is 0 Å². The Kier molecular flexibility index (Phi) is 9.35. The molecule has 0 aliphatic rings. The molecule has 4 nitrogen and oxygen atoms in total. The fourth-order valence-corrected chi connectivity index (χ4v) is 3.69. The number of benzene rings is 2. The van der Waals surface area contributed by atoms with E-state index in [-0.39, 0.29) is 22.4 Å². The zero-order valence-electron chi connectivity index (χ0n) is 20.7. The summed E-state index contributed by atoms with van der Waals surface area (Å²) < 4.78 is 0. The minimum Gasteiger partial charge on any atom is -0.305 e. The molecule has 0 aliphatic heterocycles. The summed E-state index contributed by atoms with van der Waals surface area (Å²) in [7, 11) is 4.22. The second kappa shape index (κ2) is 11.5. The smallest absolute Gasteiger partial charge is 0.168 e. The van der Waals surface area contributed by atoms with Gasteiger partial charge in [0.05, 0.1) is 0 Å². The van der Waals surface area contributed by atoms with Gasteiger partial charge in [0.1, 0.15) is 0 Å². The first-order valence-electron chi connectivity index (χ1n) is 11.6. The summed E-state index contributed by atoms with van der Waals surface area (Å²) in [5.74, 6) is 0.405. The van der Waals surface area contributed by atoms with E-state index < -0.39 is 0 Å². The van der Waals surface area contributed by atoms with Crippen LogP contribution in [0.3, 0.4) is 0 Å². The van der Waals surface area contributed by atoms with Crippen molar-refractivity contribution in [2.24, 2.45) is 10.8 Å². The van der Waals surface area contributed by atoms with Gasteiger partial charge in [-0.05, 0) is 40.0 Å². The van der Waals surface area contributed by atoms with E-state index >= 15 is 0 Å². The topological polar surface area (TPSA) is 40.6 Å². The first kappa shape index (κ1) is 26.0. The fourth-order valence-electron chi connectivity index (χ4n) is 3.69. The number of carbonyl (C=O) groups is 2. The SMILES string of the molecule is CN(CCN(C)CCC(C)(C)C(=O)c1ccccc1)CCC(C)(C)C(=O)c1ccccc1. The molecule has 2 aromatic carbocycles. The van der Waals surface area contributed by atoms with Gasteiger partial charge in [-0.3, -0.25) is 9.59 Å². The third kappa shape index (κ3) is 7.68. The molecule has 174 valence electrons. The molecule has 0 amide bonds. The van der Waals surface area contributed by atoms with Gasteiger partial charge in [-0.1, -0.05) is 88.4 Å². The molecule has 4 heteroatoms. The fraction of sp³-hybridized carbons (Fsp3) is 0.500. The second-order valence-electron chi connectivity index (χ2n) is 10.3. The van der Waals surface area contributed by atoms with Crippen LogP contribution in [0.5, 0.6) is 0 Å². The molecule has 0 radical (unpaired) electrons. The maximum Gasteiger partial charge on any atom is 0.168 e. The van der Waals surface area contributed by atoms with Crippen LogP contribution in [0.15, 0.2) is 60.7 Å². The monoisotopic (exact) mass is 436 g/mol. The van der Waals surface area contributed by atoms with Crippen LogP contribution in [0.4, 0.5) is 0 Å². The van der Waals surface area contributed by atoms with Crippen molar-refractivity contribution >= 4 is 11.6 Å². The zero-order valence-corrected chi connectivity index (χ0v) is 20.7. The lowest BCUT2D eigenvalue weighted by atomic mass is 9.81. The van der Waals surface area contributed by atoms with Gasteiger partial charge in [0.15, 0.2) is 11.6 Å². The Morgan fingerprint density at radius 1 is 0.594 bits per heavy atom. The summed E-state index contributed by atoms with van der Waals surface area (Å²) in [5.41, 5.74) is 0.798. The molecule has 0 fully saturated rings. The average Bonchev–Trinajstić information content (AvgIpc) is 2.80. The number of hydrogen-bond acceptors (Lipinski definition) is 4. The maximum atomic E-state index is 12.8. The van der Waals surface area contributed by atoms with Crippen LogP contribution in [-0.2, 0) is 0 Å². The molecule has 0 atom stereocenters. The number of Topliss-reactive ketones (excluding diaryl/α,β-unsaturated/α-hetero) is 2. The molecular formula is C28H40N2O2. The van der Waals surface area contributed by atoms with Crippen LogP contribution >= 0.6 is 0 Å². The van der Waals surface area contributed by atoms with Crippen molar-refractivity contribution in [2.45, 2.75) is 40.5 Å².